The van der Waals surface area contributed by atoms with Gasteiger partial charge in [0.2, 0.25) is 5.60 Å². The molecule has 4 atom stereocenters. The summed E-state index contributed by atoms with van der Waals surface area (Å²) in [5, 5.41) is -1.67. The number of rotatable bonds is 9. The number of Topliss-reactive ketones (excluding diaryl/α,β-unsaturated/α-hetero) is 1. The Hall–Kier alpha value is -2.53. The summed E-state index contributed by atoms with van der Waals surface area (Å²) in [7, 11) is -3.86. The smallest absolute Gasteiger partial charge is 0.377 e. The van der Waals surface area contributed by atoms with E-state index in [1.54, 1.807) is 24.3 Å². The van der Waals surface area contributed by atoms with Crippen molar-refractivity contribution in [3.8, 4) is 0 Å². The third-order valence-corrected chi connectivity index (χ3v) is 7.19. The molecule has 9 nitrogen and oxygen atoms in total. The van der Waals surface area contributed by atoms with Gasteiger partial charge in [0, 0.05) is 21.6 Å². The second-order valence-electron chi connectivity index (χ2n) is 6.16. The van der Waals surface area contributed by atoms with Crippen molar-refractivity contribution in [2.45, 2.75) is 29.3 Å². The van der Waals surface area contributed by atoms with Gasteiger partial charge in [0.25, 0.3) is 5.78 Å². The van der Waals surface area contributed by atoms with Crippen molar-refractivity contribution in [2.24, 2.45) is 0 Å². The van der Waals surface area contributed by atoms with E-state index < -0.39 is 55.9 Å². The number of hydrogen-bond acceptors (Lipinski definition) is 9. The lowest BCUT2D eigenvalue weighted by Gasteiger charge is -2.28. The van der Waals surface area contributed by atoms with Gasteiger partial charge in [-0.3, -0.25) is 13.2 Å². The van der Waals surface area contributed by atoms with Crippen LogP contribution in [0.15, 0.2) is 45.6 Å². The van der Waals surface area contributed by atoms with Gasteiger partial charge >= 0.3 is 11.9 Å². The van der Waals surface area contributed by atoms with E-state index in [-0.39, 0.29) is 18.1 Å². The molecule has 4 unspecified atom stereocenters. The fourth-order valence-electron chi connectivity index (χ4n) is 2.95. The maximum Gasteiger partial charge on any atom is 0.377 e. The number of esters is 2. The molecule has 1 aliphatic heterocycles. The lowest BCUT2D eigenvalue weighted by molar-refractivity contribution is -0.171. The Morgan fingerprint density at radius 1 is 1.10 bits per heavy atom. The summed E-state index contributed by atoms with van der Waals surface area (Å²) < 4.78 is 46.0. The van der Waals surface area contributed by atoms with Crippen LogP contribution in [0, 0.1) is 0 Å². The molecule has 11 heteroatoms. The van der Waals surface area contributed by atoms with Crippen molar-refractivity contribution >= 4 is 39.3 Å². The molecule has 0 aliphatic carbocycles. The Labute approximate surface area is 170 Å². The van der Waals surface area contributed by atoms with Gasteiger partial charge in [-0.2, -0.15) is 0 Å². The molecule has 0 spiro atoms. The highest BCUT2D eigenvalue weighted by Gasteiger charge is 2.64. The van der Waals surface area contributed by atoms with Crippen LogP contribution >= 0.6 is 0 Å². The first-order valence-corrected chi connectivity index (χ1v) is 11.5. The van der Waals surface area contributed by atoms with Crippen LogP contribution in [0.4, 0.5) is 0 Å². The van der Waals surface area contributed by atoms with Crippen molar-refractivity contribution in [3.05, 3.63) is 48.3 Å². The first-order chi connectivity index (χ1) is 13.9. The van der Waals surface area contributed by atoms with E-state index in [9.17, 15) is 22.8 Å². The van der Waals surface area contributed by atoms with Gasteiger partial charge < -0.3 is 18.3 Å². The van der Waals surface area contributed by atoms with Crippen molar-refractivity contribution in [1.29, 1.82) is 0 Å². The molecule has 0 amide bonds. The topological polar surface area (TPSA) is 130 Å². The molecule has 29 heavy (non-hydrogen) atoms. The molecule has 0 bridgehead atoms. The van der Waals surface area contributed by atoms with Crippen LogP contribution < -0.4 is 0 Å². The van der Waals surface area contributed by atoms with Crippen LogP contribution in [0.1, 0.15) is 18.4 Å². The van der Waals surface area contributed by atoms with Crippen LogP contribution in [0.2, 0.25) is 0 Å². The van der Waals surface area contributed by atoms with E-state index in [0.29, 0.717) is 11.5 Å². The molecule has 0 saturated carbocycles. The first kappa shape index (κ1) is 21.2. The quantitative estimate of drug-likeness (QED) is 0.410. The number of ether oxygens (including phenoxy) is 2. The monoisotopic (exact) mass is 442 g/mol. The predicted octanol–water partition coefficient (Wildman–Crippen LogP) is 0.867. The van der Waals surface area contributed by atoms with Crippen molar-refractivity contribution < 1.29 is 41.1 Å². The van der Waals surface area contributed by atoms with Gasteiger partial charge in [-0.25, -0.2) is 9.59 Å². The third-order valence-electron chi connectivity index (χ3n) is 4.14. The van der Waals surface area contributed by atoms with E-state index in [1.165, 1.54) is 19.5 Å². The number of ketones is 1. The van der Waals surface area contributed by atoms with Gasteiger partial charge in [-0.1, -0.05) is 0 Å². The molecule has 2 aromatic rings. The number of carbonyl (C=O) groups excluding carboxylic acids is 3. The molecular weight excluding hydrogens is 424 g/mol. The Balaban J connectivity index is 1.93. The van der Waals surface area contributed by atoms with Crippen LogP contribution in [0.25, 0.3) is 0 Å². The fraction of sp³-hybridized carbons (Fsp3) is 0.389. The fourth-order valence-corrected chi connectivity index (χ4v) is 6.06. The Bertz CT molecular complexity index is 933. The van der Waals surface area contributed by atoms with E-state index in [1.807, 2.05) is 0 Å². The zero-order valence-corrected chi connectivity index (χ0v) is 17.0. The van der Waals surface area contributed by atoms with Crippen LogP contribution in [-0.4, -0.2) is 49.4 Å². The summed E-state index contributed by atoms with van der Waals surface area (Å²) in [6.45, 7) is 1.45. The summed E-state index contributed by atoms with van der Waals surface area (Å²) in [5.41, 5.74) is -2.25. The van der Waals surface area contributed by atoms with Crippen LogP contribution in [0.5, 0.6) is 0 Å². The Morgan fingerprint density at radius 2 is 1.72 bits per heavy atom. The van der Waals surface area contributed by atoms with Gasteiger partial charge in [0.15, 0.2) is 5.25 Å². The summed E-state index contributed by atoms with van der Waals surface area (Å²) >= 11 is 0. The number of hydrogen-bond donors (Lipinski definition) is 0. The second kappa shape index (κ2) is 8.87. The molecule has 3 rings (SSSR count). The van der Waals surface area contributed by atoms with Crippen LogP contribution in [0.3, 0.4) is 0 Å². The zero-order valence-electron chi connectivity index (χ0n) is 15.4. The van der Waals surface area contributed by atoms with Gasteiger partial charge in [0.05, 0.1) is 36.4 Å². The lowest BCUT2D eigenvalue weighted by Crippen LogP contribution is -2.55. The molecule has 1 saturated heterocycles. The minimum atomic E-state index is -2.25. The van der Waals surface area contributed by atoms with Gasteiger partial charge in [-0.05, 0) is 31.2 Å². The second-order valence-corrected chi connectivity index (χ2v) is 9.13. The SMILES string of the molecule is CCOC(=O)C1(CS(=O)Cc2ccco2)OC(=O)C(=O)C1S(=O)Cc1ccco1. The number of furan rings is 2. The number of carbonyl (C=O) groups is 3. The maximum atomic E-state index is 13.0. The van der Waals surface area contributed by atoms with Gasteiger partial charge in [-0.15, -0.1) is 0 Å². The Morgan fingerprint density at radius 3 is 2.28 bits per heavy atom. The largest absolute Gasteiger partial charge is 0.468 e. The van der Waals surface area contributed by atoms with E-state index in [2.05, 4.69) is 0 Å². The average Bonchev–Trinajstić information content (AvgIpc) is 3.39. The predicted molar refractivity (Wildman–Crippen MR) is 100 cm³/mol. The molecule has 2 aromatic heterocycles. The Kier molecular flexibility index (Phi) is 6.48. The highest BCUT2D eigenvalue weighted by molar-refractivity contribution is 7.86. The van der Waals surface area contributed by atoms with Crippen LogP contribution in [-0.2, 0) is 57.0 Å². The maximum absolute atomic E-state index is 13.0. The lowest BCUT2D eigenvalue weighted by atomic mass is 10.0. The first-order valence-electron chi connectivity index (χ1n) is 8.58. The molecular formula is C18H18O9S2. The summed E-state index contributed by atoms with van der Waals surface area (Å²) in [5.74, 6) is -3.70. The molecule has 1 aliphatic rings. The van der Waals surface area contributed by atoms with Gasteiger partial charge in [0.1, 0.15) is 11.5 Å². The molecule has 0 radical (unpaired) electrons. The van der Waals surface area contributed by atoms with E-state index in [4.69, 9.17) is 18.3 Å². The van der Waals surface area contributed by atoms with Crippen molar-refractivity contribution in [3.63, 3.8) is 0 Å². The van der Waals surface area contributed by atoms with E-state index in [0.717, 1.165) is 0 Å². The average molecular weight is 442 g/mol. The molecule has 3 heterocycles. The van der Waals surface area contributed by atoms with E-state index >= 15 is 0 Å². The summed E-state index contributed by atoms with van der Waals surface area (Å²) in [6, 6.07) is 6.31. The summed E-state index contributed by atoms with van der Waals surface area (Å²) in [4.78, 5) is 37.3. The third kappa shape index (κ3) is 4.40. The normalized spacial score (nSPS) is 23.6. The zero-order chi connectivity index (χ0) is 21.0. The molecule has 1 fully saturated rings. The summed E-state index contributed by atoms with van der Waals surface area (Å²) in [6.07, 6.45) is 2.76. The molecule has 156 valence electrons. The standard InChI is InChI=1S/C18H18O9S2/c1-2-24-17(21)18(11-28(22)9-12-5-3-7-25-12)15(14(19)16(20)27-18)29(23)10-13-6-4-8-26-13/h3-8,15H,2,9-11H2,1H3. The molecule has 0 N–H and O–H groups in total. The highest BCUT2D eigenvalue weighted by Crippen LogP contribution is 2.33. The number of cyclic esters (lactones) is 1. The minimum Gasteiger partial charge on any atom is -0.468 e. The van der Waals surface area contributed by atoms with Crippen molar-refractivity contribution in [2.75, 3.05) is 12.4 Å². The minimum absolute atomic E-state index is 0.0747. The highest BCUT2D eigenvalue weighted by atomic mass is 32.2. The van der Waals surface area contributed by atoms with Crippen molar-refractivity contribution in [1.82, 2.24) is 0 Å². The molecule has 0 aromatic carbocycles.